The van der Waals surface area contributed by atoms with Gasteiger partial charge < -0.3 is 8.92 Å². The van der Waals surface area contributed by atoms with Gasteiger partial charge in [-0.15, -0.1) is 0 Å². The maximum Gasteiger partial charge on any atom is 0.306 e. The molecular formula is C16H11BrO5S. The van der Waals surface area contributed by atoms with E-state index in [1.54, 1.807) is 6.08 Å². The van der Waals surface area contributed by atoms with Crippen LogP contribution in [0, 0.1) is 0 Å². The van der Waals surface area contributed by atoms with Crippen LogP contribution in [-0.4, -0.2) is 20.5 Å². The zero-order chi connectivity index (χ0) is 16.6. The molecule has 0 saturated heterocycles. The van der Waals surface area contributed by atoms with Crippen molar-refractivity contribution in [3.05, 3.63) is 63.8 Å². The molecule has 2 aromatic carbocycles. The SMILES string of the molecule is CS(=O)(=O)Oc1ccc2c(c1)O/C(=C\c1cccc(Br)c1)C2=O. The number of benzene rings is 2. The quantitative estimate of drug-likeness (QED) is 0.589. The van der Waals surface area contributed by atoms with Gasteiger partial charge in [-0.1, -0.05) is 28.1 Å². The number of carbonyl (C=O) groups is 1. The second kappa shape index (κ2) is 5.82. The molecule has 0 spiro atoms. The Morgan fingerprint density at radius 2 is 1.96 bits per heavy atom. The molecule has 3 rings (SSSR count). The van der Waals surface area contributed by atoms with Gasteiger partial charge in [0.05, 0.1) is 11.8 Å². The fraction of sp³-hybridized carbons (Fsp3) is 0.0625. The average Bonchev–Trinajstić information content (AvgIpc) is 2.73. The highest BCUT2D eigenvalue weighted by Gasteiger charge is 2.28. The fourth-order valence-electron chi connectivity index (χ4n) is 2.14. The third kappa shape index (κ3) is 3.62. The normalized spacial score (nSPS) is 15.4. The lowest BCUT2D eigenvalue weighted by atomic mass is 10.1. The Morgan fingerprint density at radius 1 is 1.17 bits per heavy atom. The number of hydrogen-bond acceptors (Lipinski definition) is 5. The summed E-state index contributed by atoms with van der Waals surface area (Å²) in [6.07, 6.45) is 2.58. The number of fused-ring (bicyclic) bond motifs is 1. The Hall–Kier alpha value is -2.12. The largest absolute Gasteiger partial charge is 0.452 e. The number of hydrogen-bond donors (Lipinski definition) is 0. The van der Waals surface area contributed by atoms with Gasteiger partial charge >= 0.3 is 10.1 Å². The number of ether oxygens (including phenoxy) is 1. The molecule has 0 aliphatic carbocycles. The van der Waals surface area contributed by atoms with Crippen LogP contribution in [0.15, 0.2) is 52.7 Å². The number of allylic oxidation sites excluding steroid dienone is 1. The van der Waals surface area contributed by atoms with Crippen molar-refractivity contribution in [2.24, 2.45) is 0 Å². The lowest BCUT2D eigenvalue weighted by Crippen LogP contribution is -2.05. The van der Waals surface area contributed by atoms with Gasteiger partial charge in [0, 0.05) is 10.5 Å². The summed E-state index contributed by atoms with van der Waals surface area (Å²) in [5.74, 6) is 0.292. The molecular weight excluding hydrogens is 384 g/mol. The van der Waals surface area contributed by atoms with Gasteiger partial charge in [-0.3, -0.25) is 4.79 Å². The lowest BCUT2D eigenvalue weighted by molar-refractivity contribution is 0.101. The molecule has 1 aliphatic rings. The van der Waals surface area contributed by atoms with Gasteiger partial charge in [-0.05, 0) is 35.9 Å². The molecule has 118 valence electrons. The van der Waals surface area contributed by atoms with E-state index in [1.807, 2.05) is 24.3 Å². The Labute approximate surface area is 141 Å². The molecule has 7 heteroatoms. The van der Waals surface area contributed by atoms with E-state index >= 15 is 0 Å². The first-order chi connectivity index (χ1) is 10.8. The summed E-state index contributed by atoms with van der Waals surface area (Å²) in [5, 5.41) is 0. The van der Waals surface area contributed by atoms with Crippen molar-refractivity contribution in [3.63, 3.8) is 0 Å². The van der Waals surface area contributed by atoms with Gasteiger partial charge in [0.15, 0.2) is 5.76 Å². The van der Waals surface area contributed by atoms with Crippen LogP contribution in [0.4, 0.5) is 0 Å². The molecule has 0 atom stereocenters. The molecule has 0 amide bonds. The molecule has 0 unspecified atom stereocenters. The number of ketones is 1. The first kappa shape index (κ1) is 15.8. The second-order valence-corrected chi connectivity index (χ2v) is 7.43. The minimum Gasteiger partial charge on any atom is -0.452 e. The Bertz CT molecular complexity index is 931. The molecule has 0 radical (unpaired) electrons. The molecule has 0 aromatic heterocycles. The van der Waals surface area contributed by atoms with Crippen molar-refractivity contribution in [2.75, 3.05) is 6.26 Å². The Kier molecular flexibility index (Phi) is 3.99. The standard InChI is InChI=1S/C16H11BrO5S/c1-23(19,20)22-12-5-6-13-14(9-12)21-15(16(13)18)8-10-3-2-4-11(17)7-10/h2-9H,1H3/b15-8-. The highest BCUT2D eigenvalue weighted by Crippen LogP contribution is 2.35. The van der Waals surface area contributed by atoms with Gasteiger partial charge in [0.1, 0.15) is 11.5 Å². The second-order valence-electron chi connectivity index (χ2n) is 4.94. The molecule has 23 heavy (non-hydrogen) atoms. The van der Waals surface area contributed by atoms with Crippen molar-refractivity contribution in [3.8, 4) is 11.5 Å². The van der Waals surface area contributed by atoms with Crippen molar-refractivity contribution < 1.29 is 22.1 Å². The minimum absolute atomic E-state index is 0.0998. The number of carbonyl (C=O) groups excluding carboxylic acids is 1. The molecule has 1 aliphatic heterocycles. The smallest absolute Gasteiger partial charge is 0.306 e. The summed E-state index contributed by atoms with van der Waals surface area (Å²) >= 11 is 3.36. The van der Waals surface area contributed by atoms with E-state index < -0.39 is 10.1 Å². The Balaban J connectivity index is 1.92. The van der Waals surface area contributed by atoms with Gasteiger partial charge in [0.2, 0.25) is 5.78 Å². The monoisotopic (exact) mass is 394 g/mol. The first-order valence-electron chi connectivity index (χ1n) is 6.55. The number of halogens is 1. The van der Waals surface area contributed by atoms with E-state index in [0.29, 0.717) is 5.56 Å². The zero-order valence-electron chi connectivity index (χ0n) is 11.9. The first-order valence-corrected chi connectivity index (χ1v) is 9.16. The molecule has 0 N–H and O–H groups in total. The zero-order valence-corrected chi connectivity index (χ0v) is 14.3. The number of rotatable bonds is 3. The molecule has 0 saturated carbocycles. The summed E-state index contributed by atoms with van der Waals surface area (Å²) in [6, 6.07) is 11.7. The topological polar surface area (TPSA) is 69.7 Å². The van der Waals surface area contributed by atoms with Gasteiger partial charge in [-0.2, -0.15) is 8.42 Å². The summed E-state index contributed by atoms with van der Waals surface area (Å²) < 4.78 is 33.5. The van der Waals surface area contributed by atoms with E-state index in [9.17, 15) is 13.2 Å². The Morgan fingerprint density at radius 3 is 2.65 bits per heavy atom. The highest BCUT2D eigenvalue weighted by atomic mass is 79.9. The lowest BCUT2D eigenvalue weighted by Gasteiger charge is -2.04. The van der Waals surface area contributed by atoms with Crippen molar-refractivity contribution >= 4 is 37.9 Å². The molecule has 0 fully saturated rings. The van der Waals surface area contributed by atoms with E-state index in [4.69, 9.17) is 8.92 Å². The summed E-state index contributed by atoms with van der Waals surface area (Å²) in [4.78, 5) is 12.3. The van der Waals surface area contributed by atoms with Gasteiger partial charge in [-0.25, -0.2) is 0 Å². The van der Waals surface area contributed by atoms with E-state index in [1.165, 1.54) is 18.2 Å². The maximum atomic E-state index is 12.3. The van der Waals surface area contributed by atoms with Crippen LogP contribution < -0.4 is 8.92 Å². The van der Waals surface area contributed by atoms with Crippen LogP contribution in [0.3, 0.4) is 0 Å². The van der Waals surface area contributed by atoms with E-state index in [-0.39, 0.29) is 23.0 Å². The summed E-state index contributed by atoms with van der Waals surface area (Å²) in [7, 11) is -3.64. The van der Waals surface area contributed by atoms with Crippen LogP contribution >= 0.6 is 15.9 Å². The average molecular weight is 395 g/mol. The van der Waals surface area contributed by atoms with Gasteiger partial charge in [0.25, 0.3) is 0 Å². The van der Waals surface area contributed by atoms with E-state index in [0.717, 1.165) is 16.3 Å². The predicted octanol–water partition coefficient (Wildman–Crippen LogP) is 3.40. The minimum atomic E-state index is -3.64. The molecule has 2 aromatic rings. The summed E-state index contributed by atoms with van der Waals surface area (Å²) in [6.45, 7) is 0. The van der Waals surface area contributed by atoms with Crippen molar-refractivity contribution in [1.29, 1.82) is 0 Å². The molecule has 1 heterocycles. The van der Waals surface area contributed by atoms with Crippen molar-refractivity contribution in [2.45, 2.75) is 0 Å². The number of Topliss-reactive ketones (excluding diaryl/α,β-unsaturated/α-hetero) is 1. The molecule has 5 nitrogen and oxygen atoms in total. The van der Waals surface area contributed by atoms with E-state index in [2.05, 4.69) is 15.9 Å². The predicted molar refractivity (Wildman–Crippen MR) is 89.0 cm³/mol. The third-order valence-corrected chi connectivity index (χ3v) is 4.02. The highest BCUT2D eigenvalue weighted by molar-refractivity contribution is 9.10. The van der Waals surface area contributed by atoms with Crippen LogP contribution in [-0.2, 0) is 10.1 Å². The van der Waals surface area contributed by atoms with Crippen molar-refractivity contribution in [1.82, 2.24) is 0 Å². The maximum absolute atomic E-state index is 12.3. The van der Waals surface area contributed by atoms with Crippen LogP contribution in [0.25, 0.3) is 6.08 Å². The third-order valence-electron chi connectivity index (χ3n) is 3.04. The molecule has 0 bridgehead atoms. The van der Waals surface area contributed by atoms with Crippen LogP contribution in [0.5, 0.6) is 11.5 Å². The van der Waals surface area contributed by atoms with Crippen LogP contribution in [0.2, 0.25) is 0 Å². The van der Waals surface area contributed by atoms with Crippen LogP contribution in [0.1, 0.15) is 15.9 Å². The fourth-order valence-corrected chi connectivity index (χ4v) is 3.01. The summed E-state index contributed by atoms with van der Waals surface area (Å²) in [5.41, 5.74) is 1.18.